The van der Waals surface area contributed by atoms with Gasteiger partial charge in [-0.1, -0.05) is 0 Å². The minimum absolute atomic E-state index is 0.0577. The van der Waals surface area contributed by atoms with Crippen LogP contribution in [0.25, 0.3) is 4.85 Å². The SMILES string of the molecule is [C-]#[N+]C(C#N)(CCC(F)(F)F)Cn1ccc(C(=O)O)c1. The highest BCUT2D eigenvalue weighted by molar-refractivity contribution is 5.87. The van der Waals surface area contributed by atoms with Crippen molar-refractivity contribution in [3.8, 4) is 6.07 Å². The molecule has 0 saturated heterocycles. The zero-order chi connectivity index (χ0) is 15.4. The maximum absolute atomic E-state index is 12.2. The van der Waals surface area contributed by atoms with Gasteiger partial charge in [-0.05, 0) is 6.07 Å². The fraction of sp³-hybridized carbons (Fsp3) is 0.417. The molecule has 0 saturated carbocycles. The second-order valence-corrected chi connectivity index (χ2v) is 4.25. The third-order valence-corrected chi connectivity index (χ3v) is 2.69. The zero-order valence-corrected chi connectivity index (χ0v) is 10.2. The van der Waals surface area contributed by atoms with Gasteiger partial charge in [-0.3, -0.25) is 4.85 Å². The Bertz CT molecular complexity index is 564. The molecule has 106 valence electrons. The fourth-order valence-electron chi connectivity index (χ4n) is 1.60. The minimum Gasteiger partial charge on any atom is -0.478 e. The van der Waals surface area contributed by atoms with Crippen LogP contribution in [-0.4, -0.2) is 27.4 Å². The lowest BCUT2D eigenvalue weighted by Gasteiger charge is -2.16. The zero-order valence-electron chi connectivity index (χ0n) is 10.2. The first-order chi connectivity index (χ1) is 9.21. The first-order valence-electron chi connectivity index (χ1n) is 5.47. The van der Waals surface area contributed by atoms with Gasteiger partial charge in [-0.2, -0.15) is 18.4 Å². The number of alkyl halides is 3. The first kappa shape index (κ1) is 15.6. The Labute approximate surface area is 112 Å². The molecule has 5 nitrogen and oxygen atoms in total. The van der Waals surface area contributed by atoms with Crippen molar-refractivity contribution < 1.29 is 23.1 Å². The molecule has 1 aromatic rings. The molecule has 0 aliphatic carbocycles. The monoisotopic (exact) mass is 285 g/mol. The van der Waals surface area contributed by atoms with E-state index < -0.39 is 30.5 Å². The summed E-state index contributed by atoms with van der Waals surface area (Å²) in [6.07, 6.45) is -3.86. The number of halogens is 3. The van der Waals surface area contributed by atoms with Crippen LogP contribution in [0.4, 0.5) is 13.2 Å². The van der Waals surface area contributed by atoms with Crippen molar-refractivity contribution in [1.82, 2.24) is 4.57 Å². The van der Waals surface area contributed by atoms with Gasteiger partial charge in [-0.25, -0.2) is 11.4 Å². The second-order valence-electron chi connectivity index (χ2n) is 4.25. The molecule has 1 N–H and O–H groups in total. The van der Waals surface area contributed by atoms with E-state index in [1.165, 1.54) is 23.0 Å². The molecule has 20 heavy (non-hydrogen) atoms. The molecule has 0 amide bonds. The largest absolute Gasteiger partial charge is 0.478 e. The Kier molecular flexibility index (Phi) is 4.41. The van der Waals surface area contributed by atoms with Gasteiger partial charge >= 0.3 is 17.7 Å². The number of nitrogens with zero attached hydrogens (tertiary/aromatic N) is 3. The average molecular weight is 285 g/mol. The van der Waals surface area contributed by atoms with E-state index in [0.717, 1.165) is 0 Å². The number of rotatable bonds is 5. The Morgan fingerprint density at radius 2 is 2.15 bits per heavy atom. The maximum Gasteiger partial charge on any atom is 0.389 e. The van der Waals surface area contributed by atoms with Gasteiger partial charge in [0, 0.05) is 12.4 Å². The maximum atomic E-state index is 12.2. The molecule has 0 spiro atoms. The fourth-order valence-corrected chi connectivity index (χ4v) is 1.60. The molecule has 0 bridgehead atoms. The van der Waals surface area contributed by atoms with Crippen molar-refractivity contribution in [3.05, 3.63) is 35.4 Å². The van der Waals surface area contributed by atoms with Gasteiger partial charge in [0.15, 0.2) is 6.07 Å². The summed E-state index contributed by atoms with van der Waals surface area (Å²) in [6, 6.07) is 2.85. The molecule has 1 aromatic heterocycles. The van der Waals surface area contributed by atoms with Crippen LogP contribution >= 0.6 is 0 Å². The highest BCUT2D eigenvalue weighted by Crippen LogP contribution is 2.29. The molecule has 0 fully saturated rings. The number of aromatic carboxylic acids is 1. The van der Waals surface area contributed by atoms with Crippen LogP contribution < -0.4 is 0 Å². The smallest absolute Gasteiger partial charge is 0.389 e. The normalized spacial score (nSPS) is 14.1. The molecule has 1 heterocycles. The van der Waals surface area contributed by atoms with E-state index in [2.05, 4.69) is 4.85 Å². The van der Waals surface area contributed by atoms with Gasteiger partial charge in [0.2, 0.25) is 0 Å². The molecular weight excluding hydrogens is 275 g/mol. The van der Waals surface area contributed by atoms with Crippen molar-refractivity contribution in [3.63, 3.8) is 0 Å². The molecule has 1 atom stereocenters. The Morgan fingerprint density at radius 1 is 1.50 bits per heavy atom. The van der Waals surface area contributed by atoms with E-state index in [0.29, 0.717) is 0 Å². The van der Waals surface area contributed by atoms with Crippen LogP contribution in [0.3, 0.4) is 0 Å². The van der Waals surface area contributed by atoms with Crippen LogP contribution in [0.2, 0.25) is 0 Å². The van der Waals surface area contributed by atoms with Crippen LogP contribution in [-0.2, 0) is 6.54 Å². The summed E-state index contributed by atoms with van der Waals surface area (Å²) < 4.78 is 37.9. The predicted octanol–water partition coefficient (Wildman–Crippen LogP) is 2.71. The van der Waals surface area contributed by atoms with Crippen LogP contribution in [0.5, 0.6) is 0 Å². The predicted molar refractivity (Wildman–Crippen MR) is 61.6 cm³/mol. The highest BCUT2D eigenvalue weighted by atomic mass is 19.4. The topological polar surface area (TPSA) is 70.4 Å². The van der Waals surface area contributed by atoms with Gasteiger partial charge < -0.3 is 9.67 Å². The van der Waals surface area contributed by atoms with Crippen molar-refractivity contribution in [2.24, 2.45) is 0 Å². The molecule has 1 unspecified atom stereocenters. The van der Waals surface area contributed by atoms with Gasteiger partial charge in [0.1, 0.15) is 6.54 Å². The summed E-state index contributed by atoms with van der Waals surface area (Å²) in [4.78, 5) is 13.7. The summed E-state index contributed by atoms with van der Waals surface area (Å²) >= 11 is 0. The Morgan fingerprint density at radius 3 is 2.55 bits per heavy atom. The number of hydrogen-bond donors (Lipinski definition) is 1. The van der Waals surface area contributed by atoms with Crippen molar-refractivity contribution in [2.45, 2.75) is 31.1 Å². The molecule has 0 aliphatic heterocycles. The summed E-state index contributed by atoms with van der Waals surface area (Å²) in [7, 11) is 0. The summed E-state index contributed by atoms with van der Waals surface area (Å²) in [5.74, 6) is -1.19. The number of nitriles is 1. The second kappa shape index (κ2) is 5.66. The van der Waals surface area contributed by atoms with Crippen LogP contribution in [0, 0.1) is 17.9 Å². The molecule has 0 aromatic carbocycles. The molecular formula is C12H10F3N3O2. The van der Waals surface area contributed by atoms with E-state index in [4.69, 9.17) is 16.9 Å². The van der Waals surface area contributed by atoms with E-state index in [-0.39, 0.29) is 12.1 Å². The molecule has 0 radical (unpaired) electrons. The summed E-state index contributed by atoms with van der Waals surface area (Å²) in [5.41, 5.74) is -1.91. The highest BCUT2D eigenvalue weighted by Gasteiger charge is 2.42. The summed E-state index contributed by atoms with van der Waals surface area (Å²) in [5, 5.41) is 17.7. The standard InChI is InChI=1S/C12H10F3N3O2/c1-17-11(7-16,3-4-12(13,14)15)8-18-5-2-9(6-18)10(19)20/h2,5-6H,3-4,8H2,(H,19,20). The van der Waals surface area contributed by atoms with E-state index in [1.54, 1.807) is 6.07 Å². The number of hydrogen-bond acceptors (Lipinski definition) is 2. The van der Waals surface area contributed by atoms with E-state index >= 15 is 0 Å². The third kappa shape index (κ3) is 4.02. The van der Waals surface area contributed by atoms with Gasteiger partial charge in [-0.15, -0.1) is 0 Å². The first-order valence-corrected chi connectivity index (χ1v) is 5.47. The lowest BCUT2D eigenvalue weighted by Crippen LogP contribution is -2.30. The van der Waals surface area contributed by atoms with Crippen molar-refractivity contribution in [2.75, 3.05) is 0 Å². The van der Waals surface area contributed by atoms with Crippen molar-refractivity contribution in [1.29, 1.82) is 5.26 Å². The van der Waals surface area contributed by atoms with Gasteiger partial charge in [0.05, 0.1) is 18.4 Å². The Hall–Kier alpha value is -2.48. The average Bonchev–Trinajstić information content (AvgIpc) is 2.82. The van der Waals surface area contributed by atoms with Crippen LogP contribution in [0.15, 0.2) is 18.5 Å². The number of carboxylic acid groups (broad SMARTS) is 1. The lowest BCUT2D eigenvalue weighted by atomic mass is 9.95. The number of aromatic nitrogens is 1. The molecule has 8 heteroatoms. The minimum atomic E-state index is -4.45. The lowest BCUT2D eigenvalue weighted by molar-refractivity contribution is -0.136. The van der Waals surface area contributed by atoms with Gasteiger partial charge in [0.25, 0.3) is 0 Å². The number of carboxylic acids is 1. The van der Waals surface area contributed by atoms with Crippen molar-refractivity contribution >= 4 is 5.97 Å². The summed E-state index contributed by atoms with van der Waals surface area (Å²) in [6.45, 7) is 6.65. The van der Waals surface area contributed by atoms with Crippen LogP contribution in [0.1, 0.15) is 23.2 Å². The number of carbonyl (C=O) groups is 1. The molecule has 0 aliphatic rings. The van der Waals surface area contributed by atoms with E-state index in [1.807, 2.05) is 0 Å². The van der Waals surface area contributed by atoms with E-state index in [9.17, 15) is 18.0 Å². The Balaban J connectivity index is 2.89. The quantitative estimate of drug-likeness (QED) is 0.845. The molecule has 1 rings (SSSR count). The third-order valence-electron chi connectivity index (χ3n) is 2.69.